The summed E-state index contributed by atoms with van der Waals surface area (Å²) in [7, 11) is 0. The highest BCUT2D eigenvalue weighted by atomic mass is 16.7. The standard InChI is InChI=1S/C4H8O5/c1-2(5)3(6)9-4(7)8/h2-3,5-6H,1H3,(H,7,8). The number of aliphatic hydroxyl groups excluding tert-OH is 2. The topological polar surface area (TPSA) is 87.0 Å². The van der Waals surface area contributed by atoms with Gasteiger partial charge in [-0.25, -0.2) is 4.79 Å². The molecule has 0 aromatic heterocycles. The van der Waals surface area contributed by atoms with Crippen LogP contribution in [0.4, 0.5) is 4.79 Å². The van der Waals surface area contributed by atoms with Gasteiger partial charge in [-0.2, -0.15) is 0 Å². The molecule has 0 aliphatic heterocycles. The van der Waals surface area contributed by atoms with Crippen molar-refractivity contribution in [2.24, 2.45) is 0 Å². The minimum absolute atomic E-state index is 1.19. The Labute approximate surface area is 51.5 Å². The Morgan fingerprint density at radius 2 is 2.00 bits per heavy atom. The van der Waals surface area contributed by atoms with E-state index in [0.717, 1.165) is 0 Å². The molecule has 0 aromatic carbocycles. The molecule has 0 rings (SSSR count). The van der Waals surface area contributed by atoms with E-state index in [1.807, 2.05) is 0 Å². The van der Waals surface area contributed by atoms with Crippen molar-refractivity contribution in [3.63, 3.8) is 0 Å². The van der Waals surface area contributed by atoms with Crippen molar-refractivity contribution in [2.45, 2.75) is 19.3 Å². The van der Waals surface area contributed by atoms with Crippen molar-refractivity contribution in [3.8, 4) is 0 Å². The van der Waals surface area contributed by atoms with Crippen molar-refractivity contribution in [2.75, 3.05) is 0 Å². The molecular weight excluding hydrogens is 128 g/mol. The summed E-state index contributed by atoms with van der Waals surface area (Å²) in [5.74, 6) is 0. The van der Waals surface area contributed by atoms with Crippen LogP contribution < -0.4 is 0 Å². The second-order valence-electron chi connectivity index (χ2n) is 1.51. The van der Waals surface area contributed by atoms with Crippen LogP contribution in [0.3, 0.4) is 0 Å². The van der Waals surface area contributed by atoms with E-state index >= 15 is 0 Å². The van der Waals surface area contributed by atoms with E-state index in [1.54, 1.807) is 0 Å². The number of hydrogen-bond donors (Lipinski definition) is 3. The third-order valence-electron chi connectivity index (χ3n) is 0.634. The fourth-order valence-corrected chi connectivity index (χ4v) is 0.202. The van der Waals surface area contributed by atoms with E-state index in [9.17, 15) is 4.79 Å². The predicted molar refractivity (Wildman–Crippen MR) is 26.8 cm³/mol. The van der Waals surface area contributed by atoms with Crippen molar-refractivity contribution in [1.29, 1.82) is 0 Å². The molecule has 0 aromatic rings. The largest absolute Gasteiger partial charge is 0.508 e. The normalized spacial score (nSPS) is 16.3. The average molecular weight is 136 g/mol. The highest BCUT2D eigenvalue weighted by Crippen LogP contribution is 1.93. The van der Waals surface area contributed by atoms with E-state index < -0.39 is 18.5 Å². The maximum Gasteiger partial charge on any atom is 0.508 e. The van der Waals surface area contributed by atoms with Gasteiger partial charge in [0.25, 0.3) is 0 Å². The van der Waals surface area contributed by atoms with E-state index in [-0.39, 0.29) is 0 Å². The number of carboxylic acid groups (broad SMARTS) is 1. The molecule has 0 bridgehead atoms. The lowest BCUT2D eigenvalue weighted by Gasteiger charge is -2.10. The molecular formula is C4H8O5. The van der Waals surface area contributed by atoms with Crippen LogP contribution in [-0.2, 0) is 4.74 Å². The second kappa shape index (κ2) is 3.26. The zero-order valence-corrected chi connectivity index (χ0v) is 4.81. The zero-order valence-electron chi connectivity index (χ0n) is 4.81. The number of carbonyl (C=O) groups is 1. The zero-order chi connectivity index (χ0) is 7.44. The second-order valence-corrected chi connectivity index (χ2v) is 1.51. The summed E-state index contributed by atoms with van der Waals surface area (Å²) in [5.41, 5.74) is 0. The van der Waals surface area contributed by atoms with E-state index in [0.29, 0.717) is 0 Å². The van der Waals surface area contributed by atoms with Crippen molar-refractivity contribution in [1.82, 2.24) is 0 Å². The number of rotatable bonds is 2. The maximum absolute atomic E-state index is 9.62. The number of aliphatic hydroxyl groups is 2. The summed E-state index contributed by atoms with van der Waals surface area (Å²) in [6.07, 6.45) is -4.45. The van der Waals surface area contributed by atoms with E-state index in [4.69, 9.17) is 15.3 Å². The smallest absolute Gasteiger partial charge is 0.450 e. The SMILES string of the molecule is CC(O)C(O)OC(=O)O. The molecule has 9 heavy (non-hydrogen) atoms. The van der Waals surface area contributed by atoms with Crippen LogP contribution >= 0.6 is 0 Å². The molecule has 0 aliphatic carbocycles. The van der Waals surface area contributed by atoms with Crippen LogP contribution in [0.25, 0.3) is 0 Å². The fourth-order valence-electron chi connectivity index (χ4n) is 0.202. The molecule has 5 heteroatoms. The lowest BCUT2D eigenvalue weighted by molar-refractivity contribution is -0.129. The first-order chi connectivity index (χ1) is 4.04. The molecule has 5 nitrogen and oxygen atoms in total. The summed E-state index contributed by atoms with van der Waals surface area (Å²) in [5, 5.41) is 24.7. The van der Waals surface area contributed by atoms with Gasteiger partial charge in [0.05, 0.1) is 0 Å². The first kappa shape index (κ1) is 8.19. The van der Waals surface area contributed by atoms with Gasteiger partial charge in [-0.15, -0.1) is 0 Å². The summed E-state index contributed by atoms with van der Waals surface area (Å²) in [4.78, 5) is 9.62. The molecule has 2 unspecified atom stereocenters. The van der Waals surface area contributed by atoms with Crippen LogP contribution in [-0.4, -0.2) is 33.9 Å². The Kier molecular flexibility index (Phi) is 2.97. The highest BCUT2D eigenvalue weighted by molar-refractivity contribution is 5.56. The van der Waals surface area contributed by atoms with Crippen LogP contribution in [0.15, 0.2) is 0 Å². The Morgan fingerprint density at radius 1 is 1.56 bits per heavy atom. The van der Waals surface area contributed by atoms with Gasteiger partial charge < -0.3 is 20.1 Å². The average Bonchev–Trinajstić information content (AvgIpc) is 1.63. The molecule has 0 fully saturated rings. The molecule has 0 spiro atoms. The van der Waals surface area contributed by atoms with Gasteiger partial charge in [0, 0.05) is 0 Å². The first-order valence-corrected chi connectivity index (χ1v) is 2.29. The molecule has 2 atom stereocenters. The molecule has 0 heterocycles. The maximum atomic E-state index is 9.62. The Hall–Kier alpha value is -0.810. The van der Waals surface area contributed by atoms with Crippen LogP contribution in [0.1, 0.15) is 6.92 Å². The van der Waals surface area contributed by atoms with Crippen LogP contribution in [0, 0.1) is 0 Å². The lowest BCUT2D eigenvalue weighted by Crippen LogP contribution is -2.27. The van der Waals surface area contributed by atoms with Gasteiger partial charge in [0.1, 0.15) is 6.10 Å². The summed E-state index contributed by atoms with van der Waals surface area (Å²) in [6.45, 7) is 1.22. The minimum atomic E-state index is -1.65. The molecule has 3 N–H and O–H groups in total. The van der Waals surface area contributed by atoms with E-state index in [2.05, 4.69) is 4.74 Å². The van der Waals surface area contributed by atoms with Gasteiger partial charge in [0.2, 0.25) is 6.29 Å². The number of ether oxygens (including phenoxy) is 1. The van der Waals surface area contributed by atoms with Gasteiger partial charge in [0.15, 0.2) is 0 Å². The van der Waals surface area contributed by atoms with Crippen LogP contribution in [0.5, 0.6) is 0 Å². The molecule has 0 amide bonds. The molecule has 0 radical (unpaired) electrons. The molecule has 54 valence electrons. The van der Waals surface area contributed by atoms with Gasteiger partial charge in [-0.05, 0) is 6.92 Å². The summed E-state index contributed by atoms with van der Waals surface area (Å²) < 4.78 is 3.73. The third kappa shape index (κ3) is 3.75. The van der Waals surface area contributed by atoms with Gasteiger partial charge >= 0.3 is 6.16 Å². The minimum Gasteiger partial charge on any atom is -0.450 e. The van der Waals surface area contributed by atoms with Crippen molar-refractivity contribution < 1.29 is 24.9 Å². The predicted octanol–water partition coefficient (Wildman–Crippen LogP) is -0.620. The quantitative estimate of drug-likeness (QED) is 0.348. The number of hydrogen-bond acceptors (Lipinski definition) is 4. The Morgan fingerprint density at radius 3 is 2.11 bits per heavy atom. The highest BCUT2D eigenvalue weighted by Gasteiger charge is 2.14. The summed E-state index contributed by atoms with van der Waals surface area (Å²) >= 11 is 0. The van der Waals surface area contributed by atoms with E-state index in [1.165, 1.54) is 6.92 Å². The van der Waals surface area contributed by atoms with Crippen molar-refractivity contribution >= 4 is 6.16 Å². The molecule has 0 saturated heterocycles. The van der Waals surface area contributed by atoms with Crippen molar-refractivity contribution in [3.05, 3.63) is 0 Å². The van der Waals surface area contributed by atoms with Gasteiger partial charge in [-0.1, -0.05) is 0 Å². The fraction of sp³-hybridized carbons (Fsp3) is 0.750. The molecule has 0 saturated carbocycles. The van der Waals surface area contributed by atoms with Crippen LogP contribution in [0.2, 0.25) is 0 Å². The summed E-state index contributed by atoms with van der Waals surface area (Å²) in [6, 6.07) is 0. The third-order valence-corrected chi connectivity index (χ3v) is 0.634. The Bertz CT molecular complexity index is 99.1. The Balaban J connectivity index is 3.50. The first-order valence-electron chi connectivity index (χ1n) is 2.29. The van der Waals surface area contributed by atoms with Gasteiger partial charge in [-0.3, -0.25) is 0 Å². The molecule has 0 aliphatic rings. The monoisotopic (exact) mass is 136 g/mol. The lowest BCUT2D eigenvalue weighted by atomic mass is 10.4.